The minimum Gasteiger partial charge on any atom is -0.101 e. The molecule has 0 aromatic rings. The number of halogens is 4. The van der Waals surface area contributed by atoms with Crippen LogP contribution in [0.25, 0.3) is 0 Å². The number of fused-ring (bicyclic) bond motifs is 1. The lowest BCUT2D eigenvalue weighted by molar-refractivity contribution is 0.207. The third-order valence-electron chi connectivity index (χ3n) is 5.07. The smallest absolute Gasteiger partial charge is 0.101 e. The number of hydrogen-bond acceptors (Lipinski definition) is 0. The molecule has 2 atom stereocenters. The van der Waals surface area contributed by atoms with E-state index in [0.29, 0.717) is 0 Å². The Kier molecular flexibility index (Phi) is 2.58. The molecule has 0 aromatic heterocycles. The third-order valence-corrected chi connectivity index (χ3v) is 7.05. The van der Waals surface area contributed by atoms with Crippen LogP contribution >= 0.6 is 46.4 Å². The summed E-state index contributed by atoms with van der Waals surface area (Å²) in [5, 5.41) is 0. The minimum absolute atomic E-state index is 0.00698. The molecule has 3 fully saturated rings. The van der Waals surface area contributed by atoms with Gasteiger partial charge in [-0.05, 0) is 25.7 Å². The molecule has 3 aliphatic carbocycles. The Balaban J connectivity index is 1.94. The van der Waals surface area contributed by atoms with E-state index in [4.69, 9.17) is 46.4 Å². The summed E-state index contributed by atoms with van der Waals surface area (Å²) in [5.41, 5.74) is 0.0140. The standard InChI is InChI=1S/C12H16Cl4/c13-11(14)7-9(11)5-3-1-2-4-6-10(9)8-12(10,15)16/h1-8H2/t9-,10+. The Labute approximate surface area is 117 Å². The van der Waals surface area contributed by atoms with Gasteiger partial charge in [-0.3, -0.25) is 0 Å². The summed E-state index contributed by atoms with van der Waals surface area (Å²) in [7, 11) is 0. The molecule has 0 aliphatic heterocycles. The average molecular weight is 302 g/mol. The lowest BCUT2D eigenvalue weighted by atomic mass is 9.75. The van der Waals surface area contributed by atoms with Crippen molar-refractivity contribution in [3.05, 3.63) is 0 Å². The maximum absolute atomic E-state index is 6.40. The Bertz CT molecular complexity index is 293. The fourth-order valence-corrected chi connectivity index (χ4v) is 5.95. The zero-order valence-electron chi connectivity index (χ0n) is 9.17. The lowest BCUT2D eigenvalue weighted by Gasteiger charge is -2.32. The Morgan fingerprint density at radius 2 is 0.875 bits per heavy atom. The van der Waals surface area contributed by atoms with Gasteiger partial charge in [0.05, 0.1) is 0 Å². The average Bonchev–Trinajstić information content (AvgIpc) is 2.91. The van der Waals surface area contributed by atoms with Crippen LogP contribution in [0.2, 0.25) is 0 Å². The van der Waals surface area contributed by atoms with E-state index < -0.39 is 8.67 Å². The van der Waals surface area contributed by atoms with E-state index in [1.807, 2.05) is 0 Å². The lowest BCUT2D eigenvalue weighted by Crippen LogP contribution is -2.29. The van der Waals surface area contributed by atoms with Crippen LogP contribution in [0.1, 0.15) is 51.4 Å². The van der Waals surface area contributed by atoms with Crippen molar-refractivity contribution in [3.8, 4) is 0 Å². The molecule has 0 heterocycles. The molecule has 3 aliphatic rings. The predicted octanol–water partition coefficient (Wildman–Crippen LogP) is 5.47. The molecule has 16 heavy (non-hydrogen) atoms. The van der Waals surface area contributed by atoms with Crippen molar-refractivity contribution in [2.24, 2.45) is 10.8 Å². The van der Waals surface area contributed by atoms with Crippen LogP contribution in [0, 0.1) is 10.8 Å². The maximum Gasteiger partial charge on any atom is 0.125 e. The summed E-state index contributed by atoms with van der Waals surface area (Å²) in [6.45, 7) is 0. The SMILES string of the molecule is ClC1(Cl)C[C@@]12CCCCCC[C@]21CC1(Cl)Cl. The topological polar surface area (TPSA) is 0 Å². The van der Waals surface area contributed by atoms with Crippen LogP contribution < -0.4 is 0 Å². The molecule has 4 heteroatoms. The van der Waals surface area contributed by atoms with Crippen LogP contribution in [0.4, 0.5) is 0 Å². The summed E-state index contributed by atoms with van der Waals surface area (Å²) < 4.78 is -1.15. The van der Waals surface area contributed by atoms with Gasteiger partial charge in [-0.15, -0.1) is 46.4 Å². The fourth-order valence-electron chi connectivity index (χ4n) is 3.94. The summed E-state index contributed by atoms with van der Waals surface area (Å²) in [5.74, 6) is 0. The normalized spacial score (nSPS) is 48.8. The molecule has 3 rings (SSSR count). The first kappa shape index (κ1) is 12.2. The van der Waals surface area contributed by atoms with E-state index in [-0.39, 0.29) is 10.8 Å². The summed E-state index contributed by atoms with van der Waals surface area (Å²) >= 11 is 25.6. The maximum atomic E-state index is 6.40. The highest BCUT2D eigenvalue weighted by molar-refractivity contribution is 6.54. The Morgan fingerprint density at radius 1 is 0.562 bits per heavy atom. The number of alkyl halides is 4. The van der Waals surface area contributed by atoms with Crippen molar-refractivity contribution in [3.63, 3.8) is 0 Å². The van der Waals surface area contributed by atoms with Gasteiger partial charge in [0.1, 0.15) is 8.67 Å². The van der Waals surface area contributed by atoms with Gasteiger partial charge in [-0.2, -0.15) is 0 Å². The second kappa shape index (κ2) is 3.38. The van der Waals surface area contributed by atoms with Crippen LogP contribution in [0.3, 0.4) is 0 Å². The molecular formula is C12H16Cl4. The fraction of sp³-hybridized carbons (Fsp3) is 1.00. The second-order valence-electron chi connectivity index (χ2n) is 5.84. The van der Waals surface area contributed by atoms with E-state index in [0.717, 1.165) is 25.7 Å². The van der Waals surface area contributed by atoms with Crippen LogP contribution in [0.5, 0.6) is 0 Å². The van der Waals surface area contributed by atoms with Gasteiger partial charge in [0.2, 0.25) is 0 Å². The van der Waals surface area contributed by atoms with Gasteiger partial charge in [-0.1, -0.05) is 25.7 Å². The molecule has 0 aromatic carbocycles. The zero-order chi connectivity index (χ0) is 11.7. The van der Waals surface area contributed by atoms with Gasteiger partial charge in [0, 0.05) is 10.8 Å². The highest BCUT2D eigenvalue weighted by atomic mass is 35.5. The van der Waals surface area contributed by atoms with E-state index in [1.165, 1.54) is 25.7 Å². The van der Waals surface area contributed by atoms with Crippen molar-refractivity contribution in [2.45, 2.75) is 60.0 Å². The van der Waals surface area contributed by atoms with Crippen molar-refractivity contribution >= 4 is 46.4 Å². The minimum atomic E-state index is -0.574. The van der Waals surface area contributed by atoms with Gasteiger partial charge >= 0.3 is 0 Å². The number of rotatable bonds is 0. The van der Waals surface area contributed by atoms with E-state index in [9.17, 15) is 0 Å². The third kappa shape index (κ3) is 1.37. The Morgan fingerprint density at radius 3 is 1.12 bits per heavy atom. The quantitative estimate of drug-likeness (QED) is 0.521. The number of hydrogen-bond donors (Lipinski definition) is 0. The van der Waals surface area contributed by atoms with E-state index in [1.54, 1.807) is 0 Å². The predicted molar refractivity (Wildman–Crippen MR) is 70.7 cm³/mol. The van der Waals surface area contributed by atoms with Crippen LogP contribution in [0.15, 0.2) is 0 Å². The largest absolute Gasteiger partial charge is 0.125 e. The molecule has 0 saturated heterocycles. The summed E-state index contributed by atoms with van der Waals surface area (Å²) in [6, 6.07) is 0. The molecule has 92 valence electrons. The van der Waals surface area contributed by atoms with E-state index >= 15 is 0 Å². The highest BCUT2D eigenvalue weighted by Gasteiger charge is 2.85. The molecule has 0 N–H and O–H groups in total. The van der Waals surface area contributed by atoms with Crippen molar-refractivity contribution in [1.82, 2.24) is 0 Å². The molecule has 0 amide bonds. The summed E-state index contributed by atoms with van der Waals surface area (Å²) in [6.07, 6.45) is 8.97. The van der Waals surface area contributed by atoms with Crippen molar-refractivity contribution in [1.29, 1.82) is 0 Å². The molecule has 0 bridgehead atoms. The van der Waals surface area contributed by atoms with Crippen LogP contribution in [-0.4, -0.2) is 8.67 Å². The van der Waals surface area contributed by atoms with Gasteiger partial charge < -0.3 is 0 Å². The van der Waals surface area contributed by atoms with Gasteiger partial charge in [0.15, 0.2) is 0 Å². The van der Waals surface area contributed by atoms with Gasteiger partial charge in [-0.25, -0.2) is 0 Å². The molecule has 3 saturated carbocycles. The molecule has 0 nitrogen and oxygen atoms in total. The second-order valence-corrected chi connectivity index (χ2v) is 8.81. The van der Waals surface area contributed by atoms with E-state index in [2.05, 4.69) is 0 Å². The molecule has 0 unspecified atom stereocenters. The van der Waals surface area contributed by atoms with Crippen LogP contribution in [-0.2, 0) is 0 Å². The van der Waals surface area contributed by atoms with Gasteiger partial charge in [0.25, 0.3) is 0 Å². The van der Waals surface area contributed by atoms with Crippen molar-refractivity contribution in [2.75, 3.05) is 0 Å². The molecule has 2 spiro atoms. The van der Waals surface area contributed by atoms with Crippen molar-refractivity contribution < 1.29 is 0 Å². The zero-order valence-corrected chi connectivity index (χ0v) is 12.2. The molecular weight excluding hydrogens is 286 g/mol. The molecule has 0 radical (unpaired) electrons. The first-order chi connectivity index (χ1) is 7.37. The summed E-state index contributed by atoms with van der Waals surface area (Å²) in [4.78, 5) is 0. The highest BCUT2D eigenvalue weighted by Crippen LogP contribution is 2.87. The monoisotopic (exact) mass is 300 g/mol. The first-order valence-electron chi connectivity index (χ1n) is 6.13. The Hall–Kier alpha value is 1.16. The first-order valence-corrected chi connectivity index (χ1v) is 7.64.